The van der Waals surface area contributed by atoms with Gasteiger partial charge in [-0.2, -0.15) is 0 Å². The normalized spacial score (nSPS) is 13.9. The number of nitrogens with two attached hydrogens (primary N) is 1. The van der Waals surface area contributed by atoms with Gasteiger partial charge >= 0.3 is 0 Å². The molecule has 5 nitrogen and oxygen atoms in total. The summed E-state index contributed by atoms with van der Waals surface area (Å²) in [6, 6.07) is 5.22. The molecule has 0 bridgehead atoms. The number of aliphatic hydroxyl groups is 1. The van der Waals surface area contributed by atoms with Gasteiger partial charge in [-0.15, -0.1) is 0 Å². The maximum Gasteiger partial charge on any atom is 0.124 e. The van der Waals surface area contributed by atoms with Crippen molar-refractivity contribution in [1.82, 2.24) is 0 Å². The molecule has 0 amide bonds. The molecule has 1 aromatic carbocycles. The lowest BCUT2D eigenvalue weighted by Gasteiger charge is -2.19. The Morgan fingerprint density at radius 1 is 1.21 bits per heavy atom. The average Bonchev–Trinajstić information content (AvgIpc) is 2.44. The van der Waals surface area contributed by atoms with Crippen LogP contribution in [-0.2, 0) is 4.74 Å². The van der Waals surface area contributed by atoms with Crippen molar-refractivity contribution in [2.75, 3.05) is 27.9 Å². The van der Waals surface area contributed by atoms with E-state index in [1.165, 1.54) is 0 Å². The second-order valence-corrected chi connectivity index (χ2v) is 4.40. The molecule has 2 unspecified atom stereocenters. The van der Waals surface area contributed by atoms with Crippen LogP contribution in [0.1, 0.15) is 24.5 Å². The minimum atomic E-state index is -0.683. The number of benzene rings is 1. The van der Waals surface area contributed by atoms with Crippen molar-refractivity contribution >= 4 is 0 Å². The Morgan fingerprint density at radius 3 is 2.53 bits per heavy atom. The third-order valence-electron chi connectivity index (χ3n) is 3.01. The molecular weight excluding hydrogens is 246 g/mol. The van der Waals surface area contributed by atoms with Crippen LogP contribution in [0.15, 0.2) is 18.2 Å². The zero-order valence-electron chi connectivity index (χ0n) is 11.8. The number of hydrogen-bond acceptors (Lipinski definition) is 5. The molecule has 3 N–H and O–H groups in total. The van der Waals surface area contributed by atoms with Crippen LogP contribution in [0.5, 0.6) is 11.5 Å². The van der Waals surface area contributed by atoms with Crippen LogP contribution in [0, 0.1) is 0 Å². The van der Waals surface area contributed by atoms with Gasteiger partial charge in [0.05, 0.1) is 20.3 Å². The summed E-state index contributed by atoms with van der Waals surface area (Å²) in [6.07, 6.45) is 0.476. The second kappa shape index (κ2) is 7.99. The number of hydrogen-bond donors (Lipinski definition) is 2. The minimum Gasteiger partial charge on any atom is -0.497 e. The second-order valence-electron chi connectivity index (χ2n) is 4.40. The van der Waals surface area contributed by atoms with E-state index in [9.17, 15) is 5.11 Å². The van der Waals surface area contributed by atoms with Crippen LogP contribution < -0.4 is 15.2 Å². The number of rotatable bonds is 8. The molecule has 0 aliphatic carbocycles. The summed E-state index contributed by atoms with van der Waals surface area (Å²) in [7, 11) is 4.79. The van der Waals surface area contributed by atoms with E-state index in [2.05, 4.69) is 0 Å². The lowest BCUT2D eigenvalue weighted by Crippen LogP contribution is -2.24. The molecule has 108 valence electrons. The molecule has 0 heterocycles. The molecule has 0 radical (unpaired) electrons. The lowest BCUT2D eigenvalue weighted by atomic mass is 9.99. The first-order chi connectivity index (χ1) is 9.12. The first-order valence-electron chi connectivity index (χ1n) is 6.26. The van der Waals surface area contributed by atoms with E-state index in [-0.39, 0.29) is 6.04 Å². The van der Waals surface area contributed by atoms with Gasteiger partial charge in [-0.3, -0.25) is 0 Å². The van der Waals surface area contributed by atoms with Gasteiger partial charge < -0.3 is 25.1 Å². The van der Waals surface area contributed by atoms with Gasteiger partial charge in [0, 0.05) is 25.3 Å². The predicted octanol–water partition coefficient (Wildman–Crippen LogP) is 1.49. The van der Waals surface area contributed by atoms with Crippen LogP contribution >= 0.6 is 0 Å². The first-order valence-corrected chi connectivity index (χ1v) is 6.26. The third-order valence-corrected chi connectivity index (χ3v) is 3.01. The van der Waals surface area contributed by atoms with E-state index in [0.29, 0.717) is 36.5 Å². The summed E-state index contributed by atoms with van der Waals surface area (Å²) in [5.41, 5.74) is 6.64. The number of ether oxygens (including phenoxy) is 3. The summed E-state index contributed by atoms with van der Waals surface area (Å²) in [6.45, 7) is 0.586. The Bertz CT molecular complexity index is 384. The lowest BCUT2D eigenvalue weighted by molar-refractivity contribution is 0.138. The van der Waals surface area contributed by atoms with Crippen LogP contribution in [0.3, 0.4) is 0 Å². The Kier molecular flexibility index (Phi) is 6.62. The van der Waals surface area contributed by atoms with Gasteiger partial charge in [0.1, 0.15) is 11.5 Å². The molecule has 1 aromatic rings. The van der Waals surface area contributed by atoms with E-state index in [4.69, 9.17) is 19.9 Å². The zero-order chi connectivity index (χ0) is 14.3. The highest BCUT2D eigenvalue weighted by molar-refractivity contribution is 5.41. The van der Waals surface area contributed by atoms with Crippen molar-refractivity contribution in [3.05, 3.63) is 23.8 Å². The first kappa shape index (κ1) is 15.8. The highest BCUT2D eigenvalue weighted by Gasteiger charge is 2.17. The molecule has 0 saturated carbocycles. The van der Waals surface area contributed by atoms with E-state index >= 15 is 0 Å². The molecular formula is C14H23NO4. The van der Waals surface area contributed by atoms with Gasteiger partial charge in [-0.1, -0.05) is 0 Å². The quantitative estimate of drug-likeness (QED) is 0.748. The molecule has 2 atom stereocenters. The van der Waals surface area contributed by atoms with Crippen LogP contribution in [0.2, 0.25) is 0 Å². The van der Waals surface area contributed by atoms with E-state index < -0.39 is 6.10 Å². The van der Waals surface area contributed by atoms with Crippen molar-refractivity contribution < 1.29 is 19.3 Å². The number of aliphatic hydroxyl groups excluding tert-OH is 1. The molecule has 1 rings (SSSR count). The van der Waals surface area contributed by atoms with Crippen molar-refractivity contribution in [2.45, 2.75) is 25.0 Å². The fraction of sp³-hybridized carbons (Fsp3) is 0.571. The van der Waals surface area contributed by atoms with Crippen LogP contribution in [0.4, 0.5) is 0 Å². The summed E-state index contributed by atoms with van der Waals surface area (Å²) < 4.78 is 15.4. The van der Waals surface area contributed by atoms with Crippen LogP contribution in [-0.4, -0.2) is 39.1 Å². The van der Waals surface area contributed by atoms with E-state index in [0.717, 1.165) is 0 Å². The van der Waals surface area contributed by atoms with E-state index in [1.54, 1.807) is 39.5 Å². The maximum absolute atomic E-state index is 10.3. The van der Waals surface area contributed by atoms with Gasteiger partial charge in [0.15, 0.2) is 0 Å². The van der Waals surface area contributed by atoms with Crippen molar-refractivity contribution in [3.63, 3.8) is 0 Å². The molecule has 0 aliphatic rings. The summed E-state index contributed by atoms with van der Waals surface area (Å²) in [5.74, 6) is 1.31. The maximum atomic E-state index is 10.3. The van der Waals surface area contributed by atoms with Crippen molar-refractivity contribution in [3.8, 4) is 11.5 Å². The van der Waals surface area contributed by atoms with Gasteiger partial charge in [0.2, 0.25) is 0 Å². The summed E-state index contributed by atoms with van der Waals surface area (Å²) in [4.78, 5) is 0. The zero-order valence-corrected chi connectivity index (χ0v) is 11.8. The largest absolute Gasteiger partial charge is 0.497 e. The Morgan fingerprint density at radius 2 is 1.95 bits per heavy atom. The molecule has 5 heteroatoms. The highest BCUT2D eigenvalue weighted by atomic mass is 16.5. The molecule has 0 saturated heterocycles. The highest BCUT2D eigenvalue weighted by Crippen LogP contribution is 2.31. The average molecular weight is 269 g/mol. The fourth-order valence-electron chi connectivity index (χ4n) is 1.90. The Hall–Kier alpha value is -1.30. The molecule has 0 fully saturated rings. The molecule has 0 aromatic heterocycles. The predicted molar refractivity (Wildman–Crippen MR) is 73.6 cm³/mol. The summed E-state index contributed by atoms with van der Waals surface area (Å²) in [5, 5.41) is 10.3. The monoisotopic (exact) mass is 269 g/mol. The van der Waals surface area contributed by atoms with Gasteiger partial charge in [-0.05, 0) is 31.0 Å². The standard InChI is InChI=1S/C14H23NO4/c1-17-7-6-10(15)8-13(16)12-9-11(18-2)4-5-14(12)19-3/h4-5,9-10,13,16H,6-8,15H2,1-3H3. The topological polar surface area (TPSA) is 73.9 Å². The molecule has 0 spiro atoms. The smallest absolute Gasteiger partial charge is 0.124 e. The van der Waals surface area contributed by atoms with Crippen LogP contribution in [0.25, 0.3) is 0 Å². The van der Waals surface area contributed by atoms with Gasteiger partial charge in [0.25, 0.3) is 0 Å². The molecule has 19 heavy (non-hydrogen) atoms. The fourth-order valence-corrected chi connectivity index (χ4v) is 1.90. The van der Waals surface area contributed by atoms with Crippen molar-refractivity contribution in [1.29, 1.82) is 0 Å². The minimum absolute atomic E-state index is 0.120. The third kappa shape index (κ3) is 4.70. The van der Waals surface area contributed by atoms with E-state index in [1.807, 2.05) is 0 Å². The number of methoxy groups -OCH3 is 3. The molecule has 0 aliphatic heterocycles. The summed E-state index contributed by atoms with van der Waals surface area (Å²) >= 11 is 0. The van der Waals surface area contributed by atoms with Gasteiger partial charge in [-0.25, -0.2) is 0 Å². The Balaban J connectivity index is 2.76. The SMILES string of the molecule is COCCC(N)CC(O)c1cc(OC)ccc1OC. The Labute approximate surface area is 114 Å². The van der Waals surface area contributed by atoms with Crippen molar-refractivity contribution in [2.24, 2.45) is 5.73 Å².